The zero-order valence-corrected chi connectivity index (χ0v) is 15.8. The highest BCUT2D eigenvalue weighted by molar-refractivity contribution is 7.92. The molecule has 2 aromatic rings. The van der Waals surface area contributed by atoms with Crippen LogP contribution in [0.5, 0.6) is 0 Å². The van der Waals surface area contributed by atoms with E-state index in [9.17, 15) is 18.0 Å². The summed E-state index contributed by atoms with van der Waals surface area (Å²) in [4.78, 5) is 23.7. The van der Waals surface area contributed by atoms with Crippen LogP contribution in [0.15, 0.2) is 48.5 Å². The molecule has 138 valence electrons. The van der Waals surface area contributed by atoms with Gasteiger partial charge in [0.1, 0.15) is 0 Å². The van der Waals surface area contributed by atoms with Gasteiger partial charge in [0.25, 0.3) is 0 Å². The maximum atomic E-state index is 12.2. The van der Waals surface area contributed by atoms with Gasteiger partial charge in [0, 0.05) is 24.2 Å². The Labute approximate surface area is 153 Å². The molecule has 0 bridgehead atoms. The van der Waals surface area contributed by atoms with Crippen LogP contribution < -0.4 is 9.62 Å². The van der Waals surface area contributed by atoms with Crippen molar-refractivity contribution in [1.29, 1.82) is 0 Å². The van der Waals surface area contributed by atoms with Crippen LogP contribution >= 0.6 is 0 Å². The van der Waals surface area contributed by atoms with E-state index >= 15 is 0 Å². The van der Waals surface area contributed by atoms with Crippen molar-refractivity contribution >= 4 is 33.1 Å². The maximum Gasteiger partial charge on any atom is 0.232 e. The smallest absolute Gasteiger partial charge is 0.232 e. The lowest BCUT2D eigenvalue weighted by atomic mass is 10.1. The molecule has 0 heterocycles. The number of carbonyl (C=O) groups is 2. The van der Waals surface area contributed by atoms with Gasteiger partial charge in [-0.3, -0.25) is 13.9 Å². The predicted octanol–water partition coefficient (Wildman–Crippen LogP) is 2.99. The molecule has 0 saturated carbocycles. The molecule has 0 unspecified atom stereocenters. The largest absolute Gasteiger partial charge is 0.326 e. The van der Waals surface area contributed by atoms with Crippen LogP contribution in [0.1, 0.15) is 29.3 Å². The second-order valence-corrected chi connectivity index (χ2v) is 8.02. The highest BCUT2D eigenvalue weighted by Gasteiger charge is 2.19. The van der Waals surface area contributed by atoms with Gasteiger partial charge in [0.2, 0.25) is 15.9 Å². The van der Waals surface area contributed by atoms with Crippen molar-refractivity contribution in [3.05, 3.63) is 59.7 Å². The summed E-state index contributed by atoms with van der Waals surface area (Å²) in [5.41, 5.74) is 2.46. The van der Waals surface area contributed by atoms with Crippen molar-refractivity contribution in [1.82, 2.24) is 0 Å². The minimum Gasteiger partial charge on any atom is -0.326 e. The summed E-state index contributed by atoms with van der Waals surface area (Å²) in [7, 11) is -3.59. The van der Waals surface area contributed by atoms with Crippen molar-refractivity contribution in [2.75, 3.05) is 22.4 Å². The first-order valence-electron chi connectivity index (χ1n) is 8.12. The second kappa shape index (κ2) is 8.14. The summed E-state index contributed by atoms with van der Waals surface area (Å²) in [6, 6.07) is 13.7. The molecule has 1 N–H and O–H groups in total. The first-order valence-corrected chi connectivity index (χ1v) is 9.97. The molecule has 26 heavy (non-hydrogen) atoms. The topological polar surface area (TPSA) is 83.6 Å². The molecular weight excluding hydrogens is 352 g/mol. The Hall–Kier alpha value is -2.67. The first-order chi connectivity index (χ1) is 12.2. The third-order valence-electron chi connectivity index (χ3n) is 3.78. The second-order valence-electron chi connectivity index (χ2n) is 6.11. The standard InChI is InChI=1S/C19H22N2O4S/c1-14-6-4-8-17(12-14)20-19(23)10-11-21(26(3,24)25)18-9-5-7-16(13-18)15(2)22/h4-9,12-13H,10-11H2,1-3H3,(H,20,23). The number of hydrogen-bond donors (Lipinski definition) is 1. The van der Waals surface area contributed by atoms with Crippen LogP contribution in [-0.4, -0.2) is 32.9 Å². The minimum atomic E-state index is -3.59. The third-order valence-corrected chi connectivity index (χ3v) is 4.98. The summed E-state index contributed by atoms with van der Waals surface area (Å²) in [5, 5.41) is 2.76. The van der Waals surface area contributed by atoms with E-state index in [1.807, 2.05) is 25.1 Å². The van der Waals surface area contributed by atoms with Gasteiger partial charge in [0.05, 0.1) is 11.9 Å². The van der Waals surface area contributed by atoms with Gasteiger partial charge in [0.15, 0.2) is 5.78 Å². The number of hydrogen-bond acceptors (Lipinski definition) is 4. The van der Waals surface area contributed by atoms with Gasteiger partial charge < -0.3 is 5.32 Å². The van der Waals surface area contributed by atoms with Gasteiger partial charge in [-0.15, -0.1) is 0 Å². The summed E-state index contributed by atoms with van der Waals surface area (Å²) in [5.74, 6) is -0.440. The summed E-state index contributed by atoms with van der Waals surface area (Å²) >= 11 is 0. The van der Waals surface area contributed by atoms with Crippen molar-refractivity contribution in [3.8, 4) is 0 Å². The number of anilines is 2. The Bertz CT molecular complexity index is 923. The Balaban J connectivity index is 2.13. The Morgan fingerprint density at radius 2 is 1.77 bits per heavy atom. The van der Waals surface area contributed by atoms with Crippen molar-refractivity contribution in [2.24, 2.45) is 0 Å². The molecule has 0 aliphatic carbocycles. The van der Waals surface area contributed by atoms with E-state index in [0.717, 1.165) is 16.1 Å². The lowest BCUT2D eigenvalue weighted by molar-refractivity contribution is -0.116. The fourth-order valence-electron chi connectivity index (χ4n) is 2.52. The van der Waals surface area contributed by atoms with Crippen molar-refractivity contribution in [2.45, 2.75) is 20.3 Å². The SMILES string of the molecule is CC(=O)c1cccc(N(CCC(=O)Nc2cccc(C)c2)S(C)(=O)=O)c1. The first kappa shape index (κ1) is 19.7. The normalized spacial score (nSPS) is 11.0. The molecule has 0 aliphatic rings. The summed E-state index contributed by atoms with van der Waals surface area (Å²) in [6.07, 6.45) is 1.07. The average Bonchev–Trinajstić information content (AvgIpc) is 2.54. The number of benzene rings is 2. The fraction of sp³-hybridized carbons (Fsp3) is 0.263. The summed E-state index contributed by atoms with van der Waals surface area (Å²) < 4.78 is 25.4. The number of sulfonamides is 1. The quantitative estimate of drug-likeness (QED) is 0.755. The highest BCUT2D eigenvalue weighted by Crippen LogP contribution is 2.20. The van der Waals surface area contributed by atoms with E-state index in [1.54, 1.807) is 24.3 Å². The number of aryl methyl sites for hydroxylation is 1. The number of ketones is 1. The van der Waals surface area contributed by atoms with Gasteiger partial charge in [-0.25, -0.2) is 8.42 Å². The Morgan fingerprint density at radius 1 is 1.08 bits per heavy atom. The monoisotopic (exact) mass is 374 g/mol. The maximum absolute atomic E-state index is 12.2. The van der Waals surface area contributed by atoms with Crippen molar-refractivity contribution in [3.63, 3.8) is 0 Å². The lowest BCUT2D eigenvalue weighted by Gasteiger charge is -2.22. The van der Waals surface area contributed by atoms with Crippen LogP contribution in [-0.2, 0) is 14.8 Å². The molecule has 0 atom stereocenters. The molecule has 0 spiro atoms. The molecular formula is C19H22N2O4S. The van der Waals surface area contributed by atoms with E-state index < -0.39 is 10.0 Å². The molecule has 2 rings (SSSR count). The van der Waals surface area contributed by atoms with Crippen LogP contribution in [0.2, 0.25) is 0 Å². The molecule has 0 aliphatic heterocycles. The molecule has 0 saturated heterocycles. The molecule has 2 aromatic carbocycles. The predicted molar refractivity (Wildman–Crippen MR) is 103 cm³/mol. The Kier molecular flexibility index (Phi) is 6.15. The number of Topliss-reactive ketones (excluding diaryl/α,β-unsaturated/α-hetero) is 1. The lowest BCUT2D eigenvalue weighted by Crippen LogP contribution is -2.33. The number of nitrogens with one attached hydrogen (secondary N) is 1. The van der Waals surface area contributed by atoms with Crippen LogP contribution in [0.3, 0.4) is 0 Å². The number of carbonyl (C=O) groups excluding carboxylic acids is 2. The van der Waals surface area contributed by atoms with Crippen LogP contribution in [0.4, 0.5) is 11.4 Å². The van der Waals surface area contributed by atoms with E-state index in [1.165, 1.54) is 13.0 Å². The molecule has 0 fully saturated rings. The fourth-order valence-corrected chi connectivity index (χ4v) is 3.44. The third kappa shape index (κ3) is 5.42. The van der Waals surface area contributed by atoms with Crippen LogP contribution in [0.25, 0.3) is 0 Å². The summed E-state index contributed by atoms with van der Waals surface area (Å²) in [6.45, 7) is 3.32. The van der Waals surface area contributed by atoms with E-state index in [-0.39, 0.29) is 24.7 Å². The zero-order chi connectivity index (χ0) is 19.3. The highest BCUT2D eigenvalue weighted by atomic mass is 32.2. The van der Waals surface area contributed by atoms with Crippen molar-refractivity contribution < 1.29 is 18.0 Å². The molecule has 6 nitrogen and oxygen atoms in total. The van der Waals surface area contributed by atoms with E-state index in [2.05, 4.69) is 5.32 Å². The molecule has 7 heteroatoms. The number of nitrogens with zero attached hydrogens (tertiary/aromatic N) is 1. The van der Waals surface area contributed by atoms with Gasteiger partial charge in [-0.1, -0.05) is 24.3 Å². The van der Waals surface area contributed by atoms with Gasteiger partial charge in [-0.2, -0.15) is 0 Å². The minimum absolute atomic E-state index is 0.00862. The van der Waals surface area contributed by atoms with E-state index in [4.69, 9.17) is 0 Å². The molecule has 1 amide bonds. The number of amides is 1. The Morgan fingerprint density at radius 3 is 2.38 bits per heavy atom. The molecule has 0 radical (unpaired) electrons. The van der Waals surface area contributed by atoms with Crippen LogP contribution in [0, 0.1) is 6.92 Å². The average molecular weight is 374 g/mol. The number of rotatable bonds is 7. The van der Waals surface area contributed by atoms with Gasteiger partial charge >= 0.3 is 0 Å². The molecule has 0 aromatic heterocycles. The van der Waals surface area contributed by atoms with Gasteiger partial charge in [-0.05, 0) is 43.7 Å². The zero-order valence-electron chi connectivity index (χ0n) is 15.0. The van der Waals surface area contributed by atoms with E-state index in [0.29, 0.717) is 16.9 Å².